The van der Waals surface area contributed by atoms with Gasteiger partial charge in [0.15, 0.2) is 0 Å². The lowest BCUT2D eigenvalue weighted by molar-refractivity contribution is 0.785. The minimum absolute atomic E-state index is 1.25. The SMILES string of the molecule is CCC.CCCCCI. The Morgan fingerprint density at radius 2 is 1.44 bits per heavy atom. The molecule has 0 aliphatic heterocycles. The molecule has 0 amide bonds. The van der Waals surface area contributed by atoms with E-state index in [-0.39, 0.29) is 0 Å². The Balaban J connectivity index is 0. The molecule has 0 aromatic carbocycles. The van der Waals surface area contributed by atoms with Crippen LogP contribution in [0.3, 0.4) is 0 Å². The summed E-state index contributed by atoms with van der Waals surface area (Å²) < 4.78 is 1.32. The van der Waals surface area contributed by atoms with Gasteiger partial charge in [-0.05, 0) is 10.8 Å². The molecular weight excluding hydrogens is 223 g/mol. The number of rotatable bonds is 3. The van der Waals surface area contributed by atoms with Gasteiger partial charge in [0.25, 0.3) is 0 Å². The van der Waals surface area contributed by atoms with Gasteiger partial charge >= 0.3 is 0 Å². The highest BCUT2D eigenvalue weighted by Crippen LogP contribution is 1.96. The van der Waals surface area contributed by atoms with Gasteiger partial charge in [-0.25, -0.2) is 0 Å². The Labute approximate surface area is 73.6 Å². The molecule has 9 heavy (non-hydrogen) atoms. The smallest absolute Gasteiger partial charge is 0.000473 e. The van der Waals surface area contributed by atoms with Crippen molar-refractivity contribution in [2.75, 3.05) is 4.43 Å². The monoisotopic (exact) mass is 242 g/mol. The van der Waals surface area contributed by atoms with Crippen molar-refractivity contribution in [1.29, 1.82) is 0 Å². The molecule has 0 saturated heterocycles. The molecule has 0 fully saturated rings. The number of unbranched alkanes of at least 4 members (excludes halogenated alkanes) is 2. The first-order valence-electron chi connectivity index (χ1n) is 3.89. The maximum absolute atomic E-state index is 2.41. The van der Waals surface area contributed by atoms with E-state index in [1.54, 1.807) is 0 Å². The Kier molecular flexibility index (Phi) is 21.9. The van der Waals surface area contributed by atoms with Crippen molar-refractivity contribution >= 4 is 22.6 Å². The summed E-state index contributed by atoms with van der Waals surface area (Å²) in [6.45, 7) is 6.48. The van der Waals surface area contributed by atoms with Crippen LogP contribution < -0.4 is 0 Å². The zero-order chi connectivity index (χ0) is 7.54. The molecule has 1 heteroatoms. The molecule has 0 heterocycles. The van der Waals surface area contributed by atoms with Crippen LogP contribution in [0.4, 0.5) is 0 Å². The van der Waals surface area contributed by atoms with Crippen molar-refractivity contribution in [3.05, 3.63) is 0 Å². The minimum atomic E-state index is 1.25. The van der Waals surface area contributed by atoms with Gasteiger partial charge in [-0.1, -0.05) is 62.6 Å². The second-order valence-electron chi connectivity index (χ2n) is 2.10. The fourth-order valence-electron chi connectivity index (χ4n) is 0.344. The van der Waals surface area contributed by atoms with Crippen molar-refractivity contribution in [3.63, 3.8) is 0 Å². The average molecular weight is 242 g/mol. The number of hydrogen-bond acceptors (Lipinski definition) is 0. The summed E-state index contributed by atoms with van der Waals surface area (Å²) in [5.41, 5.74) is 0. The average Bonchev–Trinajstić information content (AvgIpc) is 1.86. The van der Waals surface area contributed by atoms with E-state index in [0.29, 0.717) is 0 Å². The van der Waals surface area contributed by atoms with Crippen LogP contribution in [-0.2, 0) is 0 Å². The van der Waals surface area contributed by atoms with Crippen molar-refractivity contribution in [2.45, 2.75) is 46.5 Å². The minimum Gasteiger partial charge on any atom is -0.0864 e. The number of halogens is 1. The van der Waals surface area contributed by atoms with Crippen LogP contribution in [0.15, 0.2) is 0 Å². The van der Waals surface area contributed by atoms with E-state index in [0.717, 1.165) is 0 Å². The first-order valence-corrected chi connectivity index (χ1v) is 5.41. The van der Waals surface area contributed by atoms with Gasteiger partial charge < -0.3 is 0 Å². The van der Waals surface area contributed by atoms with E-state index in [1.165, 1.54) is 30.1 Å². The highest BCUT2D eigenvalue weighted by atomic mass is 127. The zero-order valence-electron chi connectivity index (χ0n) is 6.91. The molecule has 0 aromatic rings. The first-order chi connectivity index (χ1) is 4.33. The molecular formula is C8H19I. The van der Waals surface area contributed by atoms with E-state index in [4.69, 9.17) is 0 Å². The van der Waals surface area contributed by atoms with E-state index >= 15 is 0 Å². The molecule has 0 atom stereocenters. The molecule has 0 aliphatic carbocycles. The number of alkyl halides is 1. The van der Waals surface area contributed by atoms with Gasteiger partial charge in [0, 0.05) is 0 Å². The van der Waals surface area contributed by atoms with Crippen LogP contribution in [0.1, 0.15) is 46.5 Å². The topological polar surface area (TPSA) is 0 Å². The summed E-state index contributed by atoms with van der Waals surface area (Å²) in [4.78, 5) is 0. The van der Waals surface area contributed by atoms with Gasteiger partial charge in [-0.2, -0.15) is 0 Å². The third kappa shape index (κ3) is 28.4. The summed E-state index contributed by atoms with van der Waals surface area (Å²) in [7, 11) is 0. The van der Waals surface area contributed by atoms with Crippen LogP contribution in [0.5, 0.6) is 0 Å². The lowest BCUT2D eigenvalue weighted by Crippen LogP contribution is -1.70. The molecule has 0 saturated carbocycles. The highest BCUT2D eigenvalue weighted by molar-refractivity contribution is 14.1. The second kappa shape index (κ2) is 15.9. The largest absolute Gasteiger partial charge is 0.0864 e. The predicted molar refractivity (Wildman–Crippen MR) is 54.4 cm³/mol. The van der Waals surface area contributed by atoms with Crippen LogP contribution in [0.25, 0.3) is 0 Å². The third-order valence-electron chi connectivity index (χ3n) is 0.737. The Morgan fingerprint density at radius 1 is 1.00 bits per heavy atom. The quantitative estimate of drug-likeness (QED) is 0.398. The molecule has 0 N–H and O–H groups in total. The summed E-state index contributed by atoms with van der Waals surface area (Å²) >= 11 is 2.41. The molecule has 0 unspecified atom stereocenters. The van der Waals surface area contributed by atoms with Gasteiger partial charge in [0.05, 0.1) is 0 Å². The standard InChI is InChI=1S/C5H11I.C3H8/c1-2-3-4-5-6;1-3-2/h2-5H2,1H3;3H2,1-2H3. The molecule has 58 valence electrons. The predicted octanol–water partition coefficient (Wildman–Crippen LogP) is 4.03. The zero-order valence-corrected chi connectivity index (χ0v) is 9.07. The van der Waals surface area contributed by atoms with Crippen LogP contribution >= 0.6 is 22.6 Å². The fourth-order valence-corrected chi connectivity index (χ4v) is 0.884. The summed E-state index contributed by atoms with van der Waals surface area (Å²) in [5.74, 6) is 0. The van der Waals surface area contributed by atoms with Crippen molar-refractivity contribution in [2.24, 2.45) is 0 Å². The Hall–Kier alpha value is 0.730. The van der Waals surface area contributed by atoms with Gasteiger partial charge in [-0.3, -0.25) is 0 Å². The molecule has 0 radical (unpaired) electrons. The van der Waals surface area contributed by atoms with Gasteiger partial charge in [0.2, 0.25) is 0 Å². The van der Waals surface area contributed by atoms with Crippen molar-refractivity contribution in [1.82, 2.24) is 0 Å². The number of hydrogen-bond donors (Lipinski definition) is 0. The van der Waals surface area contributed by atoms with Crippen molar-refractivity contribution < 1.29 is 0 Å². The molecule has 0 bridgehead atoms. The lowest BCUT2D eigenvalue weighted by Gasteiger charge is -1.85. The molecule has 0 aliphatic rings. The van der Waals surface area contributed by atoms with E-state index in [9.17, 15) is 0 Å². The van der Waals surface area contributed by atoms with Crippen LogP contribution in [-0.4, -0.2) is 4.43 Å². The van der Waals surface area contributed by atoms with E-state index in [1.807, 2.05) is 0 Å². The van der Waals surface area contributed by atoms with E-state index in [2.05, 4.69) is 43.4 Å². The van der Waals surface area contributed by atoms with Crippen LogP contribution in [0.2, 0.25) is 0 Å². The van der Waals surface area contributed by atoms with Gasteiger partial charge in [-0.15, -0.1) is 0 Å². The summed E-state index contributed by atoms with van der Waals surface area (Å²) in [6.07, 6.45) is 5.41. The van der Waals surface area contributed by atoms with E-state index < -0.39 is 0 Å². The molecule has 0 nitrogen and oxygen atoms in total. The second-order valence-corrected chi connectivity index (χ2v) is 3.18. The molecule has 0 aromatic heterocycles. The Morgan fingerprint density at radius 3 is 1.56 bits per heavy atom. The molecule has 0 spiro atoms. The fraction of sp³-hybridized carbons (Fsp3) is 1.00. The summed E-state index contributed by atoms with van der Waals surface area (Å²) in [6, 6.07) is 0. The highest BCUT2D eigenvalue weighted by Gasteiger charge is 1.76. The van der Waals surface area contributed by atoms with Gasteiger partial charge in [0.1, 0.15) is 0 Å². The summed E-state index contributed by atoms with van der Waals surface area (Å²) in [5, 5.41) is 0. The maximum atomic E-state index is 2.41. The molecule has 0 rings (SSSR count). The van der Waals surface area contributed by atoms with Crippen molar-refractivity contribution in [3.8, 4) is 0 Å². The maximum Gasteiger partial charge on any atom is -0.000473 e. The lowest BCUT2D eigenvalue weighted by atomic mass is 10.3. The normalized spacial score (nSPS) is 8.00. The first kappa shape index (κ1) is 12.4. The Bertz CT molecular complexity index is 23.7. The van der Waals surface area contributed by atoms with Crippen LogP contribution in [0, 0.1) is 0 Å². The third-order valence-corrected chi connectivity index (χ3v) is 1.50.